The first-order valence-corrected chi connectivity index (χ1v) is 8.14. The summed E-state index contributed by atoms with van der Waals surface area (Å²) in [6.45, 7) is 7.57. The molecule has 3 nitrogen and oxygen atoms in total. The van der Waals surface area contributed by atoms with Gasteiger partial charge in [0, 0.05) is 11.8 Å². The highest BCUT2D eigenvalue weighted by atomic mass is 32.2. The Morgan fingerprint density at radius 2 is 2.24 bits per heavy atom. The number of nitrogens with zero attached hydrogens (tertiary/aromatic N) is 2. The Kier molecular flexibility index (Phi) is 7.81. The molecule has 0 spiro atoms. The molecule has 1 unspecified atom stereocenters. The largest absolute Gasteiger partial charge is 0.314 e. The molecule has 0 saturated carbocycles. The number of aromatic nitrogens is 2. The summed E-state index contributed by atoms with van der Waals surface area (Å²) in [6.07, 6.45) is 5.05. The zero-order chi connectivity index (χ0) is 12.5. The van der Waals surface area contributed by atoms with Crippen molar-refractivity contribution in [3.8, 4) is 0 Å². The van der Waals surface area contributed by atoms with E-state index in [2.05, 4.69) is 28.5 Å². The van der Waals surface area contributed by atoms with Gasteiger partial charge in [-0.25, -0.2) is 4.98 Å². The molecule has 98 valence electrons. The van der Waals surface area contributed by atoms with Crippen molar-refractivity contribution in [3.63, 3.8) is 0 Å². The first-order valence-electron chi connectivity index (χ1n) is 6.39. The maximum absolute atomic E-state index is 4.34. The molecule has 0 fully saturated rings. The predicted molar refractivity (Wildman–Crippen MR) is 77.0 cm³/mol. The Bertz CT molecular complexity index is 302. The third kappa shape index (κ3) is 7.01. The highest BCUT2D eigenvalue weighted by molar-refractivity contribution is 8.00. The van der Waals surface area contributed by atoms with Crippen molar-refractivity contribution in [2.75, 3.05) is 12.3 Å². The zero-order valence-corrected chi connectivity index (χ0v) is 12.7. The molecule has 0 amide bonds. The van der Waals surface area contributed by atoms with Crippen LogP contribution < -0.4 is 5.32 Å². The van der Waals surface area contributed by atoms with Crippen molar-refractivity contribution in [1.29, 1.82) is 0 Å². The second-order valence-electron chi connectivity index (χ2n) is 4.31. The summed E-state index contributed by atoms with van der Waals surface area (Å²) in [5.74, 6) is 2.06. The molecular weight excluding hydrogens is 250 g/mol. The maximum atomic E-state index is 4.34. The molecule has 5 heteroatoms. The number of aryl methyl sites for hydroxylation is 1. The number of unbranched alkanes of at least 4 members (excludes halogenated alkanes) is 1. The van der Waals surface area contributed by atoms with Crippen molar-refractivity contribution in [1.82, 2.24) is 14.7 Å². The highest BCUT2D eigenvalue weighted by Crippen LogP contribution is 2.21. The minimum absolute atomic E-state index is 0.656. The topological polar surface area (TPSA) is 37.8 Å². The van der Waals surface area contributed by atoms with Gasteiger partial charge in [0.1, 0.15) is 5.82 Å². The number of nitrogens with one attached hydrogen (secondary N) is 1. The minimum Gasteiger partial charge on any atom is -0.314 e. The summed E-state index contributed by atoms with van der Waals surface area (Å²) in [5.41, 5.74) is 0. The van der Waals surface area contributed by atoms with Crippen molar-refractivity contribution < 1.29 is 0 Å². The van der Waals surface area contributed by atoms with E-state index in [-0.39, 0.29) is 0 Å². The van der Waals surface area contributed by atoms with Crippen LogP contribution in [-0.2, 0) is 0 Å². The molecular formula is C12H23N3S2. The van der Waals surface area contributed by atoms with Crippen LogP contribution in [0.2, 0.25) is 0 Å². The lowest BCUT2D eigenvalue weighted by Gasteiger charge is -2.12. The van der Waals surface area contributed by atoms with Gasteiger partial charge in [-0.05, 0) is 51.2 Å². The smallest absolute Gasteiger partial charge is 0.170 e. The molecule has 1 heterocycles. The Morgan fingerprint density at radius 1 is 1.41 bits per heavy atom. The Hall–Kier alpha value is -0.130. The van der Waals surface area contributed by atoms with Crippen LogP contribution in [0.25, 0.3) is 0 Å². The Labute approximate surface area is 113 Å². The lowest BCUT2D eigenvalue weighted by molar-refractivity contribution is 0.496. The second kappa shape index (κ2) is 8.89. The van der Waals surface area contributed by atoms with E-state index in [4.69, 9.17) is 0 Å². The van der Waals surface area contributed by atoms with Crippen molar-refractivity contribution in [2.24, 2.45) is 0 Å². The summed E-state index contributed by atoms with van der Waals surface area (Å²) in [7, 11) is 0. The summed E-state index contributed by atoms with van der Waals surface area (Å²) in [6, 6.07) is 0.656. The first-order chi connectivity index (χ1) is 8.22. The second-order valence-corrected chi connectivity index (χ2v) is 6.40. The molecule has 17 heavy (non-hydrogen) atoms. The van der Waals surface area contributed by atoms with Crippen molar-refractivity contribution in [3.05, 3.63) is 5.82 Å². The number of hydrogen-bond acceptors (Lipinski definition) is 5. The van der Waals surface area contributed by atoms with E-state index in [1.807, 2.05) is 18.7 Å². The van der Waals surface area contributed by atoms with E-state index >= 15 is 0 Å². The third-order valence-electron chi connectivity index (χ3n) is 2.51. The van der Waals surface area contributed by atoms with E-state index in [0.717, 1.165) is 22.5 Å². The third-order valence-corrected chi connectivity index (χ3v) is 4.52. The molecule has 0 aliphatic rings. The van der Waals surface area contributed by atoms with Crippen LogP contribution >= 0.6 is 23.3 Å². The van der Waals surface area contributed by atoms with Gasteiger partial charge in [-0.15, -0.1) is 0 Å². The van der Waals surface area contributed by atoms with Crippen molar-refractivity contribution in [2.45, 2.75) is 56.8 Å². The fourth-order valence-corrected chi connectivity index (χ4v) is 3.26. The van der Waals surface area contributed by atoms with Gasteiger partial charge in [0.05, 0.1) is 0 Å². The highest BCUT2D eigenvalue weighted by Gasteiger charge is 2.02. The SMILES string of the molecule is CCCNC(C)CCCCSc1nc(C)ns1. The summed E-state index contributed by atoms with van der Waals surface area (Å²) >= 11 is 3.35. The lowest BCUT2D eigenvalue weighted by Crippen LogP contribution is -2.26. The zero-order valence-electron chi connectivity index (χ0n) is 11.0. The fourth-order valence-electron chi connectivity index (χ4n) is 1.54. The molecule has 1 aromatic rings. The molecule has 0 bridgehead atoms. The van der Waals surface area contributed by atoms with E-state index < -0.39 is 0 Å². The fraction of sp³-hybridized carbons (Fsp3) is 0.833. The summed E-state index contributed by atoms with van der Waals surface area (Å²) in [5, 5.41) is 3.52. The average molecular weight is 273 g/mol. The predicted octanol–water partition coefficient (Wildman–Crippen LogP) is 3.50. The molecule has 1 N–H and O–H groups in total. The quantitative estimate of drug-likeness (QED) is 0.552. The molecule has 0 aliphatic heterocycles. The Morgan fingerprint density at radius 3 is 2.88 bits per heavy atom. The van der Waals surface area contributed by atoms with Crippen LogP contribution in [-0.4, -0.2) is 27.7 Å². The summed E-state index contributed by atoms with van der Waals surface area (Å²) < 4.78 is 5.29. The number of thioether (sulfide) groups is 1. The summed E-state index contributed by atoms with van der Waals surface area (Å²) in [4.78, 5) is 4.34. The van der Waals surface area contributed by atoms with E-state index in [1.54, 1.807) is 0 Å². The monoisotopic (exact) mass is 273 g/mol. The molecule has 1 atom stereocenters. The molecule has 1 rings (SSSR count). The standard InChI is InChI=1S/C12H23N3S2/c1-4-8-13-10(2)7-5-6-9-16-12-14-11(3)15-17-12/h10,13H,4-9H2,1-3H3. The number of hydrogen-bond donors (Lipinski definition) is 1. The van der Waals surface area contributed by atoms with E-state index in [9.17, 15) is 0 Å². The van der Waals surface area contributed by atoms with Gasteiger partial charge < -0.3 is 5.32 Å². The van der Waals surface area contributed by atoms with Gasteiger partial charge in [-0.2, -0.15) is 4.37 Å². The van der Waals surface area contributed by atoms with Crippen LogP contribution in [0, 0.1) is 6.92 Å². The molecule has 0 saturated heterocycles. The van der Waals surface area contributed by atoms with Crippen LogP contribution in [0.1, 0.15) is 45.4 Å². The maximum Gasteiger partial charge on any atom is 0.170 e. The normalized spacial score (nSPS) is 12.9. The van der Waals surface area contributed by atoms with E-state index in [0.29, 0.717) is 6.04 Å². The first kappa shape index (κ1) is 14.9. The van der Waals surface area contributed by atoms with Crippen LogP contribution in [0.3, 0.4) is 0 Å². The van der Waals surface area contributed by atoms with Gasteiger partial charge in [0.25, 0.3) is 0 Å². The average Bonchev–Trinajstić information content (AvgIpc) is 2.72. The molecule has 0 aromatic carbocycles. The Balaban J connectivity index is 1.97. The van der Waals surface area contributed by atoms with Gasteiger partial charge in [-0.1, -0.05) is 25.1 Å². The van der Waals surface area contributed by atoms with Gasteiger partial charge in [0.15, 0.2) is 4.34 Å². The van der Waals surface area contributed by atoms with Crippen molar-refractivity contribution >= 4 is 23.3 Å². The van der Waals surface area contributed by atoms with Crippen LogP contribution in [0.4, 0.5) is 0 Å². The van der Waals surface area contributed by atoms with Gasteiger partial charge in [-0.3, -0.25) is 0 Å². The lowest BCUT2D eigenvalue weighted by atomic mass is 10.1. The molecule has 1 aromatic heterocycles. The number of rotatable bonds is 9. The molecule has 0 radical (unpaired) electrons. The molecule has 0 aliphatic carbocycles. The van der Waals surface area contributed by atoms with Crippen LogP contribution in [0.5, 0.6) is 0 Å². The van der Waals surface area contributed by atoms with Gasteiger partial charge in [0.2, 0.25) is 0 Å². The van der Waals surface area contributed by atoms with E-state index in [1.165, 1.54) is 37.2 Å². The minimum atomic E-state index is 0.656. The van der Waals surface area contributed by atoms with Crippen LogP contribution in [0.15, 0.2) is 4.34 Å². The van der Waals surface area contributed by atoms with Gasteiger partial charge >= 0.3 is 0 Å².